The van der Waals surface area contributed by atoms with E-state index in [2.05, 4.69) is 43.8 Å². The van der Waals surface area contributed by atoms with Crippen molar-refractivity contribution in [3.63, 3.8) is 0 Å². The largest absolute Gasteiger partial charge is 0.339 e. The molecular weight excluding hydrogens is 407 g/mol. The number of carbonyl (C=O) groups is 1. The average Bonchev–Trinajstić information content (AvgIpc) is 2.41. The number of amides is 1. The molecule has 98 valence electrons. The Morgan fingerprint density at radius 1 is 1.44 bits per heavy atom. The van der Waals surface area contributed by atoms with E-state index < -0.39 is 0 Å². The minimum absolute atomic E-state index is 0.118. The van der Waals surface area contributed by atoms with Crippen molar-refractivity contribution < 1.29 is 4.79 Å². The van der Waals surface area contributed by atoms with Crippen LogP contribution in [0.4, 0.5) is 0 Å². The Morgan fingerprint density at radius 2 is 2.11 bits per heavy atom. The van der Waals surface area contributed by atoms with Gasteiger partial charge in [-0.3, -0.25) is 4.79 Å². The smallest absolute Gasteiger partial charge is 0.254 e. The van der Waals surface area contributed by atoms with Gasteiger partial charge in [-0.25, -0.2) is 0 Å². The number of carbonyl (C=O) groups excluding carboxylic acids is 1. The van der Waals surface area contributed by atoms with E-state index in [1.165, 1.54) is 0 Å². The van der Waals surface area contributed by atoms with E-state index in [1.807, 2.05) is 30.1 Å². The SMILES string of the molecule is CN(C(=O)c1cc(Br)ccc1I)C1CCNCC1. The van der Waals surface area contributed by atoms with Crippen molar-refractivity contribution in [2.24, 2.45) is 0 Å². The second kappa shape index (κ2) is 6.34. The maximum Gasteiger partial charge on any atom is 0.254 e. The summed E-state index contributed by atoms with van der Waals surface area (Å²) in [7, 11) is 1.91. The van der Waals surface area contributed by atoms with E-state index in [9.17, 15) is 4.79 Å². The molecular formula is C13H16BrIN2O. The van der Waals surface area contributed by atoms with Gasteiger partial charge in [0.05, 0.1) is 5.56 Å². The molecule has 1 aliphatic heterocycles. The van der Waals surface area contributed by atoms with Crippen LogP contribution in [0.1, 0.15) is 23.2 Å². The van der Waals surface area contributed by atoms with E-state index in [1.54, 1.807) is 0 Å². The third-order valence-electron chi connectivity index (χ3n) is 3.34. The van der Waals surface area contributed by atoms with Crippen molar-refractivity contribution in [3.05, 3.63) is 31.8 Å². The van der Waals surface area contributed by atoms with E-state index in [-0.39, 0.29) is 5.91 Å². The highest BCUT2D eigenvalue weighted by atomic mass is 127. The molecule has 0 saturated carbocycles. The number of benzene rings is 1. The number of piperidine rings is 1. The lowest BCUT2D eigenvalue weighted by atomic mass is 10.0. The molecule has 0 spiro atoms. The first-order valence-corrected chi connectivity index (χ1v) is 7.89. The van der Waals surface area contributed by atoms with Crippen LogP contribution in [0, 0.1) is 3.57 Å². The first-order valence-electron chi connectivity index (χ1n) is 6.02. The summed E-state index contributed by atoms with van der Waals surface area (Å²) >= 11 is 5.64. The van der Waals surface area contributed by atoms with Crippen LogP contribution >= 0.6 is 38.5 Å². The van der Waals surface area contributed by atoms with Gasteiger partial charge in [-0.2, -0.15) is 0 Å². The lowest BCUT2D eigenvalue weighted by Crippen LogP contribution is -2.44. The fourth-order valence-electron chi connectivity index (χ4n) is 2.21. The number of halogens is 2. The Balaban J connectivity index is 2.16. The highest BCUT2D eigenvalue weighted by molar-refractivity contribution is 14.1. The normalized spacial score (nSPS) is 16.6. The lowest BCUT2D eigenvalue weighted by molar-refractivity contribution is 0.0702. The molecule has 1 aromatic carbocycles. The molecule has 0 radical (unpaired) electrons. The predicted octanol–water partition coefficient (Wildman–Crippen LogP) is 2.88. The van der Waals surface area contributed by atoms with Crippen LogP contribution in [0.25, 0.3) is 0 Å². The van der Waals surface area contributed by atoms with Gasteiger partial charge >= 0.3 is 0 Å². The van der Waals surface area contributed by atoms with E-state index >= 15 is 0 Å². The molecule has 5 heteroatoms. The third-order valence-corrected chi connectivity index (χ3v) is 4.77. The molecule has 0 aromatic heterocycles. The standard InChI is InChI=1S/C13H16BrIN2O/c1-17(10-4-6-16-7-5-10)13(18)11-8-9(14)2-3-12(11)15/h2-3,8,10,16H,4-7H2,1H3. The van der Waals surface area contributed by atoms with Crippen LogP contribution in [0.3, 0.4) is 0 Å². The van der Waals surface area contributed by atoms with Gasteiger partial charge in [-0.1, -0.05) is 15.9 Å². The van der Waals surface area contributed by atoms with Gasteiger partial charge in [0.1, 0.15) is 0 Å². The van der Waals surface area contributed by atoms with Crippen LogP contribution in [0.2, 0.25) is 0 Å². The molecule has 0 bridgehead atoms. The number of hydrogen-bond acceptors (Lipinski definition) is 2. The van der Waals surface area contributed by atoms with Crippen molar-refractivity contribution >= 4 is 44.4 Å². The Morgan fingerprint density at radius 3 is 2.78 bits per heavy atom. The van der Waals surface area contributed by atoms with Gasteiger partial charge in [-0.05, 0) is 66.7 Å². The minimum atomic E-state index is 0.118. The van der Waals surface area contributed by atoms with Crippen LogP contribution in [0.5, 0.6) is 0 Å². The maximum absolute atomic E-state index is 12.5. The summed E-state index contributed by atoms with van der Waals surface area (Å²) in [6.45, 7) is 2.00. The Kier molecular flexibility index (Phi) is 5.03. The van der Waals surface area contributed by atoms with Crippen molar-refractivity contribution in [3.8, 4) is 0 Å². The monoisotopic (exact) mass is 422 g/mol. The molecule has 1 aliphatic rings. The van der Waals surface area contributed by atoms with Crippen LogP contribution in [-0.2, 0) is 0 Å². The molecule has 1 amide bonds. The van der Waals surface area contributed by atoms with Gasteiger partial charge in [0.15, 0.2) is 0 Å². The average molecular weight is 423 g/mol. The molecule has 1 fully saturated rings. The molecule has 2 rings (SSSR count). The molecule has 1 heterocycles. The number of nitrogens with zero attached hydrogens (tertiary/aromatic N) is 1. The molecule has 1 aromatic rings. The van der Waals surface area contributed by atoms with Crippen LogP contribution < -0.4 is 5.32 Å². The van der Waals surface area contributed by atoms with E-state index in [0.29, 0.717) is 6.04 Å². The first-order chi connectivity index (χ1) is 8.59. The van der Waals surface area contributed by atoms with Gasteiger partial charge in [0.2, 0.25) is 0 Å². The zero-order valence-electron chi connectivity index (χ0n) is 10.2. The topological polar surface area (TPSA) is 32.3 Å². The summed E-state index contributed by atoms with van der Waals surface area (Å²) in [5.74, 6) is 0.118. The third kappa shape index (κ3) is 3.24. The second-order valence-corrected chi connectivity index (χ2v) is 6.60. The van der Waals surface area contributed by atoms with Gasteiger partial charge in [0, 0.05) is 21.1 Å². The number of hydrogen-bond donors (Lipinski definition) is 1. The van der Waals surface area contributed by atoms with Crippen LogP contribution in [0.15, 0.2) is 22.7 Å². The molecule has 18 heavy (non-hydrogen) atoms. The highest BCUT2D eigenvalue weighted by Crippen LogP contribution is 2.21. The van der Waals surface area contributed by atoms with Gasteiger partial charge in [-0.15, -0.1) is 0 Å². The van der Waals surface area contributed by atoms with Crippen molar-refractivity contribution in [1.82, 2.24) is 10.2 Å². The molecule has 3 nitrogen and oxygen atoms in total. The maximum atomic E-state index is 12.5. The molecule has 1 N–H and O–H groups in total. The van der Waals surface area contributed by atoms with Gasteiger partial charge < -0.3 is 10.2 Å². The summed E-state index contributed by atoms with van der Waals surface area (Å²) < 4.78 is 1.95. The molecule has 0 aliphatic carbocycles. The highest BCUT2D eigenvalue weighted by Gasteiger charge is 2.24. The fraction of sp³-hybridized carbons (Fsp3) is 0.462. The molecule has 1 saturated heterocycles. The summed E-state index contributed by atoms with van der Waals surface area (Å²) in [5, 5.41) is 3.32. The van der Waals surface area contributed by atoms with Crippen molar-refractivity contribution in [2.45, 2.75) is 18.9 Å². The van der Waals surface area contributed by atoms with Crippen molar-refractivity contribution in [2.75, 3.05) is 20.1 Å². The van der Waals surface area contributed by atoms with E-state index in [4.69, 9.17) is 0 Å². The van der Waals surface area contributed by atoms with E-state index in [0.717, 1.165) is 39.5 Å². The minimum Gasteiger partial charge on any atom is -0.339 e. The quantitative estimate of drug-likeness (QED) is 0.743. The number of rotatable bonds is 2. The Bertz CT molecular complexity index is 447. The predicted molar refractivity (Wildman–Crippen MR) is 84.8 cm³/mol. The first kappa shape index (κ1) is 14.3. The fourth-order valence-corrected chi connectivity index (χ4v) is 3.14. The molecule has 0 unspecified atom stereocenters. The van der Waals surface area contributed by atoms with Crippen molar-refractivity contribution in [1.29, 1.82) is 0 Å². The zero-order valence-corrected chi connectivity index (χ0v) is 14.0. The summed E-state index contributed by atoms with van der Waals surface area (Å²) in [6.07, 6.45) is 2.07. The summed E-state index contributed by atoms with van der Waals surface area (Å²) in [5.41, 5.74) is 0.783. The second-order valence-electron chi connectivity index (χ2n) is 4.52. The summed E-state index contributed by atoms with van der Waals surface area (Å²) in [6, 6.07) is 6.19. The lowest BCUT2D eigenvalue weighted by Gasteiger charge is -2.32. The summed E-state index contributed by atoms with van der Waals surface area (Å²) in [4.78, 5) is 14.4. The Labute approximate surface area is 130 Å². The zero-order chi connectivity index (χ0) is 13.1. The van der Waals surface area contributed by atoms with Gasteiger partial charge in [0.25, 0.3) is 5.91 Å². The number of nitrogens with one attached hydrogen (secondary N) is 1. The Hall–Kier alpha value is -0.140. The molecule has 0 atom stereocenters. The van der Waals surface area contributed by atoms with Crippen LogP contribution in [-0.4, -0.2) is 37.0 Å².